The van der Waals surface area contributed by atoms with Gasteiger partial charge in [-0.2, -0.15) is 61.5 Å². The van der Waals surface area contributed by atoms with Crippen LogP contribution in [0.1, 0.15) is 60.8 Å². The molecule has 0 radical (unpaired) electrons. The predicted molar refractivity (Wildman–Crippen MR) is 136 cm³/mol. The molecule has 2 fully saturated rings. The summed E-state index contributed by atoms with van der Waals surface area (Å²) in [5.41, 5.74) is -2.44. The lowest BCUT2D eigenvalue weighted by molar-refractivity contribution is -0.374. The zero-order valence-corrected chi connectivity index (χ0v) is 23.6. The van der Waals surface area contributed by atoms with E-state index in [2.05, 4.69) is 10.9 Å². The number of benzene rings is 2. The number of hydrogen-bond acceptors (Lipinski definition) is 4. The number of nitrogens with one attached hydrogen (secondary N) is 4. The molecule has 258 valence electrons. The lowest BCUT2D eigenvalue weighted by Gasteiger charge is -2.38. The first-order valence-corrected chi connectivity index (χ1v) is 14.0. The maximum Gasteiger partial charge on any atom is 0.412 e. The van der Waals surface area contributed by atoms with E-state index in [1.54, 1.807) is 0 Å². The molecule has 0 aromatic heterocycles. The van der Waals surface area contributed by atoms with E-state index in [9.17, 15) is 43.9 Å². The highest BCUT2D eigenvalue weighted by atomic mass is 19.4. The van der Waals surface area contributed by atoms with E-state index in [0.29, 0.717) is 24.3 Å². The summed E-state index contributed by atoms with van der Waals surface area (Å²) in [4.78, 5) is 0. The Morgan fingerprint density at radius 2 is 0.739 bits per heavy atom. The maximum atomic E-state index is 15.0. The summed E-state index contributed by atoms with van der Waals surface area (Å²) in [6, 6.07) is 1.47. The minimum absolute atomic E-state index is 0.00235. The lowest BCUT2D eigenvalue weighted by atomic mass is 9.83. The van der Waals surface area contributed by atoms with Crippen LogP contribution in [0.4, 0.5) is 61.5 Å². The molecule has 2 aromatic rings. The van der Waals surface area contributed by atoms with Gasteiger partial charge >= 0.3 is 36.0 Å². The van der Waals surface area contributed by atoms with Crippen molar-refractivity contribution < 1.29 is 61.5 Å². The molecule has 0 aliphatic carbocycles. The zero-order valence-electron chi connectivity index (χ0n) is 23.6. The van der Waals surface area contributed by atoms with Gasteiger partial charge in [-0.25, -0.2) is 10.9 Å². The second-order valence-electron chi connectivity index (χ2n) is 11.3. The molecule has 2 atom stereocenters. The smallest absolute Gasteiger partial charge is 0.257 e. The van der Waals surface area contributed by atoms with Crippen molar-refractivity contribution in [3.8, 4) is 0 Å². The summed E-state index contributed by atoms with van der Waals surface area (Å²) in [7, 11) is 0. The fraction of sp³-hybridized carbons (Fsp3) is 0.571. The highest BCUT2D eigenvalue weighted by molar-refractivity contribution is 5.37. The zero-order chi connectivity index (χ0) is 34.5. The van der Waals surface area contributed by atoms with Crippen LogP contribution in [-0.2, 0) is 22.9 Å². The highest BCUT2D eigenvalue weighted by Gasteiger charge is 2.81. The summed E-state index contributed by atoms with van der Waals surface area (Å²) in [6.45, 7) is 0.201. The topological polar surface area (TPSA) is 48.1 Å². The summed E-state index contributed by atoms with van der Waals surface area (Å²) in [5.74, 6) is -25.8. The molecule has 0 saturated carbocycles. The summed E-state index contributed by atoms with van der Waals surface area (Å²) >= 11 is 0. The van der Waals surface area contributed by atoms with Crippen molar-refractivity contribution in [3.63, 3.8) is 0 Å². The molecular weight excluding hydrogens is 658 g/mol. The van der Waals surface area contributed by atoms with E-state index in [1.807, 2.05) is 10.9 Å². The first-order valence-electron chi connectivity index (χ1n) is 14.0. The molecule has 2 aliphatic rings. The molecule has 0 spiro atoms. The van der Waals surface area contributed by atoms with Crippen LogP contribution >= 0.6 is 0 Å². The molecule has 0 amide bonds. The van der Waals surface area contributed by atoms with Gasteiger partial charge in [-0.05, 0) is 49.7 Å². The average molecular weight is 687 g/mol. The molecule has 2 aromatic carbocycles. The van der Waals surface area contributed by atoms with E-state index in [1.165, 1.54) is 0 Å². The van der Waals surface area contributed by atoms with Crippen LogP contribution in [0, 0.1) is 0 Å². The lowest BCUT2D eigenvalue weighted by Crippen LogP contribution is -2.60. The average Bonchev–Trinajstić information content (AvgIpc) is 3.40. The van der Waals surface area contributed by atoms with Crippen LogP contribution in [-0.4, -0.2) is 37.3 Å². The Hall–Kier alpha value is -2.70. The monoisotopic (exact) mass is 686 g/mol. The van der Waals surface area contributed by atoms with Gasteiger partial charge in [0.05, 0.1) is 0 Å². The Morgan fingerprint density at radius 3 is 1.02 bits per heavy atom. The quantitative estimate of drug-likeness (QED) is 0.224. The van der Waals surface area contributed by atoms with Gasteiger partial charge in [-0.3, -0.25) is 10.9 Å². The third kappa shape index (κ3) is 5.72. The molecule has 4 N–H and O–H groups in total. The van der Waals surface area contributed by atoms with Crippen molar-refractivity contribution in [1.29, 1.82) is 0 Å². The molecule has 0 bridgehead atoms. The molecule has 2 heterocycles. The third-order valence-electron chi connectivity index (χ3n) is 8.44. The maximum absolute atomic E-state index is 15.0. The van der Waals surface area contributed by atoms with Crippen molar-refractivity contribution >= 4 is 0 Å². The van der Waals surface area contributed by atoms with Gasteiger partial charge < -0.3 is 0 Å². The minimum atomic E-state index is -6.85. The second-order valence-corrected chi connectivity index (χ2v) is 11.3. The minimum Gasteiger partial charge on any atom is -0.257 e. The fourth-order valence-electron chi connectivity index (χ4n) is 5.63. The molecule has 2 unspecified atom stereocenters. The first kappa shape index (κ1) is 36.1. The summed E-state index contributed by atoms with van der Waals surface area (Å²) in [6.07, 6.45) is -10.7. The highest BCUT2D eigenvalue weighted by Crippen LogP contribution is 2.59. The van der Waals surface area contributed by atoms with Gasteiger partial charge in [-0.1, -0.05) is 48.5 Å². The van der Waals surface area contributed by atoms with E-state index in [0.717, 1.165) is 0 Å². The van der Waals surface area contributed by atoms with E-state index < -0.39 is 82.2 Å². The molecule has 4 nitrogen and oxygen atoms in total. The Bertz CT molecular complexity index is 1220. The first-order chi connectivity index (χ1) is 21.1. The number of alkyl halides is 14. The van der Waals surface area contributed by atoms with Crippen LogP contribution < -0.4 is 21.7 Å². The van der Waals surface area contributed by atoms with E-state index in [-0.39, 0.29) is 63.0 Å². The SMILES string of the molecule is FC(F)(F)C1(c2ccc(C(F)(F)C(F)(F)C(F)(F)C(F)(F)c3ccc(C4(C(F)(F)F)CCCCNN4)cc3)cc2)CCCCNN1. The van der Waals surface area contributed by atoms with Crippen molar-refractivity contribution in [1.82, 2.24) is 21.7 Å². The standard InChI is InChI=1S/C28H28F14N4/c29-23(30,19-9-5-17(6-10-19)21(27(37,38)39)13-1-3-15-43-45-21)25(33,34)26(35,36)24(31,32)20-11-7-18(8-12-20)22(28(40,41)42)14-2-4-16-44-46-22/h5-12,43-46H,1-4,13-16H2. The Morgan fingerprint density at radius 1 is 0.435 bits per heavy atom. The van der Waals surface area contributed by atoms with Gasteiger partial charge in [-0.15, -0.1) is 0 Å². The van der Waals surface area contributed by atoms with E-state index in [4.69, 9.17) is 0 Å². The Labute approximate surface area is 253 Å². The van der Waals surface area contributed by atoms with Gasteiger partial charge in [0.2, 0.25) is 0 Å². The molecule has 2 aliphatic heterocycles. The van der Waals surface area contributed by atoms with Crippen molar-refractivity contribution in [2.45, 2.75) is 85.6 Å². The van der Waals surface area contributed by atoms with E-state index >= 15 is 17.6 Å². The number of hydrazine groups is 2. The summed E-state index contributed by atoms with van der Waals surface area (Å²) in [5, 5.41) is 0. The Kier molecular flexibility index (Phi) is 9.49. The van der Waals surface area contributed by atoms with Crippen molar-refractivity contribution in [3.05, 3.63) is 70.8 Å². The number of hydrogen-bond donors (Lipinski definition) is 4. The largest absolute Gasteiger partial charge is 0.412 e. The van der Waals surface area contributed by atoms with Crippen LogP contribution in [0.25, 0.3) is 0 Å². The second kappa shape index (κ2) is 12.1. The molecule has 46 heavy (non-hydrogen) atoms. The van der Waals surface area contributed by atoms with Crippen LogP contribution in [0.5, 0.6) is 0 Å². The predicted octanol–water partition coefficient (Wildman–Crippen LogP) is 7.91. The van der Waals surface area contributed by atoms with Gasteiger partial charge in [0, 0.05) is 24.2 Å². The molecule has 2 saturated heterocycles. The van der Waals surface area contributed by atoms with Gasteiger partial charge in [0.1, 0.15) is 0 Å². The van der Waals surface area contributed by atoms with Crippen LogP contribution in [0.3, 0.4) is 0 Å². The van der Waals surface area contributed by atoms with Gasteiger partial charge in [0.25, 0.3) is 0 Å². The normalized spacial score (nSPS) is 24.7. The molecule has 4 rings (SSSR count). The van der Waals surface area contributed by atoms with Crippen molar-refractivity contribution in [2.75, 3.05) is 13.1 Å². The fourth-order valence-corrected chi connectivity index (χ4v) is 5.63. The van der Waals surface area contributed by atoms with Crippen LogP contribution in [0.2, 0.25) is 0 Å². The molecule has 18 heteroatoms. The Balaban J connectivity index is 1.67. The third-order valence-corrected chi connectivity index (χ3v) is 8.44. The number of rotatable bonds is 7. The summed E-state index contributed by atoms with van der Waals surface area (Å²) < 4.78 is 204. The molecular formula is C28H28F14N4. The van der Waals surface area contributed by atoms with Crippen LogP contribution in [0.15, 0.2) is 48.5 Å². The van der Waals surface area contributed by atoms with Gasteiger partial charge in [0.15, 0.2) is 11.1 Å². The number of halogens is 14. The van der Waals surface area contributed by atoms with Crippen molar-refractivity contribution in [2.24, 2.45) is 0 Å².